The van der Waals surface area contributed by atoms with E-state index >= 15 is 0 Å². The third-order valence-electron chi connectivity index (χ3n) is 16.2. The van der Waals surface area contributed by atoms with Crippen molar-refractivity contribution in [1.82, 2.24) is 5.32 Å². The highest BCUT2D eigenvalue weighted by Crippen LogP contribution is 2.24. The molecule has 1 fully saturated rings. The van der Waals surface area contributed by atoms with Gasteiger partial charge in [-0.2, -0.15) is 0 Å². The van der Waals surface area contributed by atoms with Crippen molar-refractivity contribution in [2.24, 2.45) is 0 Å². The van der Waals surface area contributed by atoms with E-state index in [2.05, 4.69) is 31.3 Å². The van der Waals surface area contributed by atoms with E-state index in [4.69, 9.17) is 9.47 Å². The zero-order chi connectivity index (χ0) is 54.5. The van der Waals surface area contributed by atoms with Crippen molar-refractivity contribution in [3.05, 3.63) is 12.2 Å². The van der Waals surface area contributed by atoms with E-state index in [9.17, 15) is 35.4 Å². The van der Waals surface area contributed by atoms with Crippen LogP contribution < -0.4 is 5.32 Å². The van der Waals surface area contributed by atoms with Gasteiger partial charge in [0.2, 0.25) is 5.91 Å². The Morgan fingerprint density at radius 2 is 0.747 bits per heavy atom. The molecular formula is C65H127NO9. The molecule has 7 N–H and O–H groups in total. The summed E-state index contributed by atoms with van der Waals surface area (Å²) in [6.07, 6.45) is 58.8. The number of amides is 1. The van der Waals surface area contributed by atoms with Crippen molar-refractivity contribution in [3.8, 4) is 0 Å². The summed E-state index contributed by atoms with van der Waals surface area (Å²) < 4.78 is 11.3. The highest BCUT2D eigenvalue weighted by Gasteiger charge is 2.44. The Morgan fingerprint density at radius 1 is 0.440 bits per heavy atom. The zero-order valence-electron chi connectivity index (χ0n) is 49.5. The summed E-state index contributed by atoms with van der Waals surface area (Å²) in [5.41, 5.74) is 0. The molecule has 0 aromatic carbocycles. The average molecular weight is 1070 g/mol. The summed E-state index contributed by atoms with van der Waals surface area (Å²) in [4.78, 5) is 13.2. The Bertz CT molecular complexity index is 1210. The van der Waals surface area contributed by atoms with E-state index in [-0.39, 0.29) is 6.61 Å². The molecule has 1 aliphatic rings. The molecule has 0 bridgehead atoms. The molecule has 1 saturated heterocycles. The Labute approximate surface area is 463 Å². The van der Waals surface area contributed by atoms with E-state index < -0.39 is 61.5 Å². The van der Waals surface area contributed by atoms with Crippen LogP contribution in [0.15, 0.2) is 12.2 Å². The number of hydrogen-bond donors (Lipinski definition) is 7. The number of nitrogens with one attached hydrogen (secondary N) is 1. The third-order valence-corrected chi connectivity index (χ3v) is 16.2. The maximum absolute atomic E-state index is 13.2. The number of rotatable bonds is 58. The minimum absolute atomic E-state index is 0.251. The molecule has 0 aromatic rings. The third kappa shape index (κ3) is 43.4. The van der Waals surface area contributed by atoms with Gasteiger partial charge in [-0.25, -0.2) is 0 Å². The first-order valence-electron chi connectivity index (χ1n) is 33.0. The van der Waals surface area contributed by atoms with Crippen LogP contribution in [0.5, 0.6) is 0 Å². The standard InChI is InChI=1S/C65H127NO9/c1-3-5-7-9-11-13-15-17-19-21-22-23-24-25-26-27-28-29-30-31-32-33-34-35-36-37-38-40-42-44-46-48-50-52-54-59(69)64(73)66-57(56-74-65-63(72)62(71)61(70)60(55-67)75-65)58(68)53-51-49-47-45-43-41-39-20-18-16-14-12-10-8-6-4-2/h27-28,57-63,65,67-72H,3-26,29-56H2,1-2H3,(H,66,73)/b28-27-. The molecule has 0 radical (unpaired) electrons. The van der Waals surface area contributed by atoms with Crippen LogP contribution >= 0.6 is 0 Å². The highest BCUT2D eigenvalue weighted by molar-refractivity contribution is 5.80. The molecule has 75 heavy (non-hydrogen) atoms. The van der Waals surface area contributed by atoms with Crippen molar-refractivity contribution < 1.29 is 44.9 Å². The van der Waals surface area contributed by atoms with Crippen molar-refractivity contribution in [2.75, 3.05) is 13.2 Å². The summed E-state index contributed by atoms with van der Waals surface area (Å²) in [5.74, 6) is -0.577. The van der Waals surface area contributed by atoms with Gasteiger partial charge < -0.3 is 45.4 Å². The van der Waals surface area contributed by atoms with Gasteiger partial charge in [0, 0.05) is 0 Å². The molecule has 1 heterocycles. The van der Waals surface area contributed by atoms with Crippen LogP contribution in [0.2, 0.25) is 0 Å². The number of aliphatic hydroxyl groups excluding tert-OH is 6. The van der Waals surface area contributed by atoms with E-state index in [0.717, 1.165) is 38.5 Å². The second-order valence-corrected chi connectivity index (χ2v) is 23.4. The molecule has 446 valence electrons. The van der Waals surface area contributed by atoms with Crippen LogP contribution in [0.3, 0.4) is 0 Å². The number of aliphatic hydroxyl groups is 6. The zero-order valence-corrected chi connectivity index (χ0v) is 49.5. The lowest BCUT2D eigenvalue weighted by Crippen LogP contribution is -2.60. The van der Waals surface area contributed by atoms with Gasteiger partial charge in [0.05, 0.1) is 25.4 Å². The molecule has 0 saturated carbocycles. The van der Waals surface area contributed by atoms with Crippen molar-refractivity contribution >= 4 is 5.91 Å². The summed E-state index contributed by atoms with van der Waals surface area (Å²) in [5, 5.41) is 65.3. The molecule has 8 unspecified atom stereocenters. The minimum atomic E-state index is -1.60. The molecule has 8 atom stereocenters. The predicted octanol–water partition coefficient (Wildman–Crippen LogP) is 16.1. The van der Waals surface area contributed by atoms with Crippen molar-refractivity contribution in [3.63, 3.8) is 0 Å². The van der Waals surface area contributed by atoms with E-state index in [1.165, 1.54) is 270 Å². The first kappa shape index (κ1) is 71.9. The van der Waals surface area contributed by atoms with Gasteiger partial charge in [-0.1, -0.05) is 309 Å². The second kappa shape index (κ2) is 54.8. The molecule has 1 amide bonds. The monoisotopic (exact) mass is 1070 g/mol. The van der Waals surface area contributed by atoms with Crippen LogP contribution in [0, 0.1) is 0 Å². The fraction of sp³-hybridized carbons (Fsp3) is 0.954. The van der Waals surface area contributed by atoms with Gasteiger partial charge in [0.1, 0.15) is 30.5 Å². The average Bonchev–Trinajstić information content (AvgIpc) is 3.41. The summed E-state index contributed by atoms with van der Waals surface area (Å²) in [7, 11) is 0. The Morgan fingerprint density at radius 3 is 1.08 bits per heavy atom. The lowest BCUT2D eigenvalue weighted by molar-refractivity contribution is -0.302. The molecule has 0 aliphatic carbocycles. The summed E-state index contributed by atoms with van der Waals surface area (Å²) >= 11 is 0. The van der Waals surface area contributed by atoms with Crippen molar-refractivity contribution in [2.45, 2.75) is 384 Å². The predicted molar refractivity (Wildman–Crippen MR) is 315 cm³/mol. The number of ether oxygens (including phenoxy) is 2. The van der Waals surface area contributed by atoms with E-state index in [1.807, 2.05) is 0 Å². The minimum Gasteiger partial charge on any atom is -0.394 e. The summed E-state index contributed by atoms with van der Waals surface area (Å²) in [6.45, 7) is 3.72. The SMILES string of the molecule is CCCCCCCCCCCCCCCC/C=C\CCCCCCCCCCCCCCCCCCC(O)C(=O)NC(COC1OC(CO)C(O)C(O)C1O)C(O)CCCCCCCCCCCCCCCCCC. The molecular weight excluding hydrogens is 939 g/mol. The molecule has 10 nitrogen and oxygen atoms in total. The van der Waals surface area contributed by atoms with Crippen LogP contribution in [0.25, 0.3) is 0 Å². The Kier molecular flexibility index (Phi) is 52.6. The maximum Gasteiger partial charge on any atom is 0.249 e. The van der Waals surface area contributed by atoms with Gasteiger partial charge in [0.15, 0.2) is 6.29 Å². The second-order valence-electron chi connectivity index (χ2n) is 23.4. The number of allylic oxidation sites excluding steroid dienone is 2. The number of carbonyl (C=O) groups is 1. The first-order valence-corrected chi connectivity index (χ1v) is 33.0. The van der Waals surface area contributed by atoms with Crippen LogP contribution in [-0.4, -0.2) is 98.7 Å². The fourth-order valence-corrected chi connectivity index (χ4v) is 10.9. The van der Waals surface area contributed by atoms with Gasteiger partial charge in [-0.15, -0.1) is 0 Å². The Balaban J connectivity index is 2.11. The van der Waals surface area contributed by atoms with Gasteiger partial charge >= 0.3 is 0 Å². The number of hydrogen-bond acceptors (Lipinski definition) is 9. The topological polar surface area (TPSA) is 169 Å². The largest absolute Gasteiger partial charge is 0.394 e. The van der Waals surface area contributed by atoms with Crippen LogP contribution in [0.4, 0.5) is 0 Å². The van der Waals surface area contributed by atoms with Crippen LogP contribution in [-0.2, 0) is 14.3 Å². The van der Waals surface area contributed by atoms with Gasteiger partial charge in [0.25, 0.3) is 0 Å². The van der Waals surface area contributed by atoms with E-state index in [0.29, 0.717) is 12.8 Å². The van der Waals surface area contributed by atoms with E-state index in [1.54, 1.807) is 0 Å². The highest BCUT2D eigenvalue weighted by atomic mass is 16.7. The molecule has 0 spiro atoms. The summed E-state index contributed by atoms with van der Waals surface area (Å²) in [6, 6.07) is -0.892. The Hall–Kier alpha value is -1.11. The van der Waals surface area contributed by atoms with Gasteiger partial charge in [-0.05, 0) is 38.5 Å². The normalized spacial score (nSPS) is 19.3. The smallest absolute Gasteiger partial charge is 0.249 e. The first-order chi connectivity index (χ1) is 36.8. The molecule has 10 heteroatoms. The van der Waals surface area contributed by atoms with Gasteiger partial charge in [-0.3, -0.25) is 4.79 Å². The number of carbonyl (C=O) groups excluding carboxylic acids is 1. The maximum atomic E-state index is 13.2. The fourth-order valence-electron chi connectivity index (χ4n) is 10.9. The molecule has 1 aliphatic heterocycles. The number of unbranched alkanes of at least 4 members (excludes halogenated alkanes) is 45. The molecule has 0 aromatic heterocycles. The quantitative estimate of drug-likeness (QED) is 0.0232. The lowest BCUT2D eigenvalue weighted by Gasteiger charge is -2.40. The lowest BCUT2D eigenvalue weighted by atomic mass is 9.99. The molecule has 1 rings (SSSR count). The van der Waals surface area contributed by atoms with Crippen LogP contribution in [0.1, 0.15) is 335 Å². The van der Waals surface area contributed by atoms with Crippen molar-refractivity contribution in [1.29, 1.82) is 0 Å².